The van der Waals surface area contributed by atoms with Crippen molar-refractivity contribution in [3.63, 3.8) is 0 Å². The van der Waals surface area contributed by atoms with Gasteiger partial charge in [0.1, 0.15) is 69.2 Å². The maximum Gasteiger partial charge on any atom is 0.412 e. The van der Waals surface area contributed by atoms with Crippen molar-refractivity contribution in [3.8, 4) is 113 Å². The van der Waals surface area contributed by atoms with Crippen LogP contribution in [-0.2, 0) is 71.5 Å². The lowest BCUT2D eigenvalue weighted by atomic mass is 9.94. The Morgan fingerprint density at radius 3 is 0.956 bits per heavy atom. The van der Waals surface area contributed by atoms with Crippen molar-refractivity contribution in [1.82, 2.24) is 16.0 Å². The lowest BCUT2D eigenvalue weighted by Crippen LogP contribution is -2.31. The van der Waals surface area contributed by atoms with E-state index in [0.29, 0.717) is 62.2 Å². The molecule has 33 heteroatoms. The molecule has 2 aliphatic rings. The topological polar surface area (TPSA) is 413 Å². The molecule has 137 heavy (non-hydrogen) atoms. The van der Waals surface area contributed by atoms with E-state index in [1.807, 2.05) is 182 Å². The van der Waals surface area contributed by atoms with Crippen LogP contribution in [0, 0.1) is 0 Å². The maximum absolute atomic E-state index is 12.9. The molecule has 0 saturated heterocycles. The summed E-state index contributed by atoms with van der Waals surface area (Å²) in [4.78, 5) is 143. The highest BCUT2D eigenvalue weighted by molar-refractivity contribution is 5.95. The summed E-state index contributed by atoms with van der Waals surface area (Å²) in [5.74, 6) is -1.96. The quantitative estimate of drug-likeness (QED) is 0.00793. The second-order valence-corrected chi connectivity index (χ2v) is 29.4. The van der Waals surface area contributed by atoms with Crippen LogP contribution in [0.15, 0.2) is 304 Å². The number of ether oxygens (including phenoxy) is 16. The lowest BCUT2D eigenvalue weighted by molar-refractivity contribution is -0.141. The molecular formula is C104H101N5O28. The molecule has 10 aromatic carbocycles. The summed E-state index contributed by atoms with van der Waals surface area (Å²) in [6.45, 7) is 28.0. The predicted molar refractivity (Wildman–Crippen MR) is 508 cm³/mol. The lowest BCUT2D eigenvalue weighted by Gasteiger charge is -2.17. The number of rotatable bonds is 37. The summed E-state index contributed by atoms with van der Waals surface area (Å²) in [7, 11) is 0. The van der Waals surface area contributed by atoms with Crippen LogP contribution < -0.4 is 64.5 Å². The molecule has 12 rings (SSSR count). The second-order valence-electron chi connectivity index (χ2n) is 29.4. The highest BCUT2D eigenvalue weighted by Gasteiger charge is 2.29. The minimum Gasteiger partial charge on any atom is -0.462 e. The number of esters is 7. The van der Waals surface area contributed by atoms with Crippen molar-refractivity contribution in [1.29, 1.82) is 0 Å². The highest BCUT2D eigenvalue weighted by Crippen LogP contribution is 2.50. The molecule has 0 saturated carbocycles. The Bertz CT molecular complexity index is 5800. The zero-order valence-corrected chi connectivity index (χ0v) is 75.8. The monoisotopic (exact) mass is 1870 g/mol. The number of nitrogens with one attached hydrogen (secondary N) is 5. The summed E-state index contributed by atoms with van der Waals surface area (Å²) in [6, 6.07) is 70.3. The van der Waals surface area contributed by atoms with E-state index in [9.17, 15) is 57.5 Å². The number of carbonyl (C=O) groups is 12. The van der Waals surface area contributed by atoms with Crippen LogP contribution in [0.3, 0.4) is 0 Å². The van der Waals surface area contributed by atoms with E-state index in [0.717, 1.165) is 50.6 Å². The number of hydrogen-bond acceptors (Lipinski definition) is 28. The zero-order chi connectivity index (χ0) is 98.5. The summed E-state index contributed by atoms with van der Waals surface area (Å²) in [5.41, 5.74) is 11.4. The van der Waals surface area contributed by atoms with E-state index in [1.54, 1.807) is 43.3 Å². The first-order chi connectivity index (χ1) is 66.0. The van der Waals surface area contributed by atoms with Crippen molar-refractivity contribution in [3.05, 3.63) is 304 Å². The van der Waals surface area contributed by atoms with E-state index >= 15 is 0 Å². The molecule has 2 heterocycles. The number of anilines is 2. The highest BCUT2D eigenvalue weighted by atomic mass is 16.7. The normalized spacial score (nSPS) is 10.7. The van der Waals surface area contributed by atoms with Gasteiger partial charge in [-0.15, -0.1) is 0 Å². The maximum atomic E-state index is 12.9. The largest absolute Gasteiger partial charge is 0.462 e. The molecule has 0 atom stereocenters. The van der Waals surface area contributed by atoms with Gasteiger partial charge in [-0.1, -0.05) is 209 Å². The van der Waals surface area contributed by atoms with Crippen molar-refractivity contribution in [2.45, 2.75) is 47.5 Å². The van der Waals surface area contributed by atoms with E-state index in [2.05, 4.69) is 66.1 Å². The average molecular weight is 1870 g/mol. The molecule has 0 aromatic heterocycles. The Hall–Kier alpha value is -17.5. The van der Waals surface area contributed by atoms with Crippen LogP contribution in [0.4, 0.5) is 35.3 Å². The first-order valence-corrected chi connectivity index (χ1v) is 42.5. The van der Waals surface area contributed by atoms with Gasteiger partial charge >= 0.3 is 72.3 Å². The fourth-order valence-electron chi connectivity index (χ4n) is 12.0. The van der Waals surface area contributed by atoms with Gasteiger partial charge in [-0.2, -0.15) is 0 Å². The molecule has 0 radical (unpaired) electrons. The molecule has 5 amide bonds. The summed E-state index contributed by atoms with van der Waals surface area (Å²) in [5, 5.41) is 13.0. The van der Waals surface area contributed by atoms with E-state index in [-0.39, 0.29) is 144 Å². The summed E-state index contributed by atoms with van der Waals surface area (Å²) in [6.07, 6.45) is -2.40. The summed E-state index contributed by atoms with van der Waals surface area (Å²) >= 11 is 0. The smallest absolute Gasteiger partial charge is 0.412 e. The molecule has 710 valence electrons. The Kier molecular flexibility index (Phi) is 40.5. The van der Waals surface area contributed by atoms with Crippen LogP contribution in [0.2, 0.25) is 0 Å². The van der Waals surface area contributed by atoms with Gasteiger partial charge in [-0.05, 0) is 123 Å². The fraction of sp³-hybridized carbons (Fsp3) is 0.192. The van der Waals surface area contributed by atoms with E-state index in [4.69, 9.17) is 75.8 Å². The number of amides is 5. The molecule has 2 aliphatic heterocycles. The number of carbonyl (C=O) groups excluding carboxylic acids is 12. The third-order valence-electron chi connectivity index (χ3n) is 18.6. The van der Waals surface area contributed by atoms with Gasteiger partial charge in [0.05, 0.1) is 37.6 Å². The van der Waals surface area contributed by atoms with Gasteiger partial charge in [0.15, 0.2) is 23.0 Å². The molecule has 0 spiro atoms. The fourth-order valence-corrected chi connectivity index (χ4v) is 12.0. The number of hydrogen-bond donors (Lipinski definition) is 5. The average Bonchev–Trinajstić information content (AvgIpc) is 1.40. The molecule has 0 fully saturated rings. The first-order valence-electron chi connectivity index (χ1n) is 42.5. The van der Waals surface area contributed by atoms with Gasteiger partial charge in [-0.25, -0.2) is 52.7 Å². The minimum atomic E-state index is -0.843. The summed E-state index contributed by atoms with van der Waals surface area (Å²) < 4.78 is 84.3. The predicted octanol–water partition coefficient (Wildman–Crippen LogP) is 18.6. The van der Waals surface area contributed by atoms with Gasteiger partial charge in [0.25, 0.3) is 0 Å². The second kappa shape index (κ2) is 53.7. The molecule has 0 aliphatic carbocycles. The SMILES string of the molecule is C=C(C)C(=O)OCCCC(=O)Oc1cc2c(cc1-c1cc3c(cc1OC(=O)NCCOC(=O)C(=C)C)OCO3)OCO2.C=C(C)C(=O)OCCNC(=O)Oc1ccc(-c2ccccc2)cc1-c1cc(-c2ccccc2)ccc1OC(=O)NCCOC(=O)C(=C)C.C=C(C)C(=O)OCCOC(=O)Nc1ccccc1-c1ccccc1.C=CC(=O)OCCOC(=O)Nc1ccccc1-c1ccccc1. The third kappa shape index (κ3) is 33.7. The van der Waals surface area contributed by atoms with Gasteiger partial charge in [-0.3, -0.25) is 15.4 Å². The molecule has 33 nitrogen and oxygen atoms in total. The molecular weight excluding hydrogens is 1770 g/mol. The van der Waals surface area contributed by atoms with Crippen LogP contribution in [0.5, 0.6) is 46.0 Å². The molecule has 0 unspecified atom stereocenters. The van der Waals surface area contributed by atoms with Gasteiger partial charge in [0, 0.05) is 85.9 Å². The Balaban J connectivity index is 0.000000214. The minimum absolute atomic E-state index is 0.00892. The molecule has 0 bridgehead atoms. The van der Waals surface area contributed by atoms with Crippen molar-refractivity contribution < 1.29 is 133 Å². The third-order valence-corrected chi connectivity index (χ3v) is 18.6. The van der Waals surface area contributed by atoms with Crippen LogP contribution >= 0.6 is 0 Å². The Morgan fingerprint density at radius 2 is 0.591 bits per heavy atom. The van der Waals surface area contributed by atoms with E-state index in [1.165, 1.54) is 39.8 Å². The van der Waals surface area contributed by atoms with Gasteiger partial charge in [0.2, 0.25) is 13.6 Å². The van der Waals surface area contributed by atoms with E-state index < -0.39 is 72.3 Å². The van der Waals surface area contributed by atoms with Crippen molar-refractivity contribution in [2.75, 3.05) is 96.7 Å². The van der Waals surface area contributed by atoms with Crippen LogP contribution in [-0.4, -0.2) is 158 Å². The first kappa shape index (κ1) is 103. The van der Waals surface area contributed by atoms with Crippen molar-refractivity contribution >= 4 is 83.6 Å². The van der Waals surface area contributed by atoms with Crippen LogP contribution in [0.1, 0.15) is 47.5 Å². The Morgan fingerprint density at radius 1 is 0.292 bits per heavy atom. The zero-order valence-electron chi connectivity index (χ0n) is 75.8. The Labute approximate surface area is 789 Å². The number of benzene rings is 10. The standard InChI is InChI=1S/C38H36N2O8.C29H29NO12.C19H19NO4.C18H17NO4/c1-25(2)35(41)45-21-19-39-37(43)47-33-17-15-29(27-11-7-5-8-12-27)23-31(33)32-24-30(28-13-9-6-10-14-28)16-18-34(32)48-38(44)40-20-22-46-36(42)26(3)4;1-16(2)27(32)35-8-5-6-26(31)41-20-12-24-22(37-14-39-24)10-18(20)19-11-23-25(40-15-38-23)13-21(19)42-29(34)30-7-9-36-28(33)17(3)4;1-14(2)18(21)23-12-13-24-19(22)20-17-11-7-6-10-16(17)15-8-4-3-5-9-15;1-2-17(20)22-12-13-23-18(21)19-16-11-7-6-10-15(16)14-8-4-3-5-9-14/h5-18,23-24H,1,3,19-22H2,2,4H3,(H,39,43)(H,40,44);10-13H,1,3,5-9,14-15H2,2,4H3,(H,30,34);3-11H,1,12-13H2,2H3,(H,20,22);2-11H,1,12-13H2,(H,19,21). The molecule has 10 aromatic rings. The molecule has 5 N–H and O–H groups in total. The van der Waals surface area contributed by atoms with Crippen LogP contribution in [0.25, 0.3) is 66.8 Å². The number of fused-ring (bicyclic) bond motifs is 2. The van der Waals surface area contributed by atoms with Gasteiger partial charge < -0.3 is 91.7 Å². The van der Waals surface area contributed by atoms with Crippen molar-refractivity contribution in [2.24, 2.45) is 0 Å². The number of para-hydroxylation sites is 2.